The Morgan fingerprint density at radius 1 is 1.18 bits per heavy atom. The maximum Gasteiger partial charge on any atom is 0.187 e. The van der Waals surface area contributed by atoms with Gasteiger partial charge in [-0.2, -0.15) is 0 Å². The highest BCUT2D eigenvalue weighted by molar-refractivity contribution is 5.79. The number of rotatable bonds is 4. The predicted molar refractivity (Wildman–Crippen MR) is 99.1 cm³/mol. The van der Waals surface area contributed by atoms with Crippen LogP contribution in [0.4, 0.5) is 0 Å². The Labute approximate surface area is 165 Å². The number of aliphatic hydroxyl groups is 4. The predicted octanol–water partition coefficient (Wildman–Crippen LogP) is 0.533. The van der Waals surface area contributed by atoms with Gasteiger partial charge in [-0.15, -0.1) is 0 Å². The van der Waals surface area contributed by atoms with Gasteiger partial charge >= 0.3 is 0 Å². The molecule has 0 aromatic heterocycles. The second-order valence-corrected chi connectivity index (χ2v) is 9.69. The van der Waals surface area contributed by atoms with Crippen LogP contribution in [0.3, 0.4) is 0 Å². The number of ether oxygens (including phenoxy) is 2. The summed E-state index contributed by atoms with van der Waals surface area (Å²) < 4.78 is 11.9. The molecule has 0 spiro atoms. The van der Waals surface area contributed by atoms with E-state index >= 15 is 0 Å². The number of hydrogen-bond acceptors (Lipinski definition) is 7. The first-order valence-corrected chi connectivity index (χ1v) is 10.3. The summed E-state index contributed by atoms with van der Waals surface area (Å²) >= 11 is 0. The van der Waals surface area contributed by atoms with Gasteiger partial charge in [0.05, 0.1) is 12.7 Å². The summed E-state index contributed by atoms with van der Waals surface area (Å²) in [5, 5.41) is 40.0. The lowest BCUT2D eigenvalue weighted by Gasteiger charge is -2.49. The molecular formula is C21H32O7. The molecule has 4 aliphatic rings. The third kappa shape index (κ3) is 2.29. The zero-order valence-electron chi connectivity index (χ0n) is 16.7. The van der Waals surface area contributed by atoms with Crippen molar-refractivity contribution in [2.45, 2.75) is 83.3 Å². The summed E-state index contributed by atoms with van der Waals surface area (Å²) in [6.07, 6.45) is -0.115. The molecule has 7 heteroatoms. The van der Waals surface area contributed by atoms with Crippen molar-refractivity contribution >= 4 is 6.29 Å². The van der Waals surface area contributed by atoms with E-state index in [-0.39, 0.29) is 22.9 Å². The number of hydrogen-bond donors (Lipinski definition) is 4. The van der Waals surface area contributed by atoms with Crippen LogP contribution in [-0.2, 0) is 14.3 Å². The van der Waals surface area contributed by atoms with Gasteiger partial charge in [0.25, 0.3) is 0 Å². The van der Waals surface area contributed by atoms with E-state index < -0.39 is 42.7 Å². The molecule has 28 heavy (non-hydrogen) atoms. The summed E-state index contributed by atoms with van der Waals surface area (Å²) in [5.41, 5.74) is 0.113. The van der Waals surface area contributed by atoms with Crippen molar-refractivity contribution in [2.24, 2.45) is 22.2 Å². The molecule has 4 rings (SSSR count). The average Bonchev–Trinajstić information content (AvgIpc) is 3.22. The molecule has 7 nitrogen and oxygen atoms in total. The van der Waals surface area contributed by atoms with Crippen LogP contribution in [0.5, 0.6) is 0 Å². The minimum atomic E-state index is -1.47. The molecule has 1 saturated heterocycles. The van der Waals surface area contributed by atoms with Crippen LogP contribution < -0.4 is 0 Å². The number of carbonyl (C=O) groups excluding carboxylic acids is 1. The highest BCUT2D eigenvalue weighted by atomic mass is 16.7. The number of aldehydes is 1. The molecule has 1 aliphatic heterocycles. The monoisotopic (exact) mass is 396 g/mol. The highest BCUT2D eigenvalue weighted by Gasteiger charge is 2.75. The van der Waals surface area contributed by atoms with Gasteiger partial charge in [-0.25, -0.2) is 0 Å². The van der Waals surface area contributed by atoms with Gasteiger partial charge in [0, 0.05) is 5.41 Å². The quantitative estimate of drug-likeness (QED) is 0.512. The van der Waals surface area contributed by atoms with Gasteiger partial charge in [0.15, 0.2) is 6.29 Å². The van der Waals surface area contributed by atoms with Gasteiger partial charge in [-0.1, -0.05) is 26.8 Å². The summed E-state index contributed by atoms with van der Waals surface area (Å²) in [4.78, 5) is 12.1. The van der Waals surface area contributed by atoms with E-state index in [1.54, 1.807) is 0 Å². The third-order valence-corrected chi connectivity index (χ3v) is 8.42. The molecule has 2 saturated carbocycles. The van der Waals surface area contributed by atoms with E-state index in [4.69, 9.17) is 9.47 Å². The lowest BCUT2D eigenvalue weighted by Crippen LogP contribution is -2.60. The maximum atomic E-state index is 12.1. The van der Waals surface area contributed by atoms with Crippen molar-refractivity contribution in [3.8, 4) is 0 Å². The molecule has 9 atom stereocenters. The molecule has 0 unspecified atom stereocenters. The van der Waals surface area contributed by atoms with E-state index in [0.717, 1.165) is 37.5 Å². The fraction of sp³-hybridized carbons (Fsp3) is 0.857. The van der Waals surface area contributed by atoms with Crippen molar-refractivity contribution in [2.75, 3.05) is 6.61 Å². The summed E-state index contributed by atoms with van der Waals surface area (Å²) in [6.45, 7) is 6.04. The highest BCUT2D eigenvalue weighted by Crippen LogP contribution is 2.78. The lowest BCUT2D eigenvalue weighted by molar-refractivity contribution is -0.319. The van der Waals surface area contributed by atoms with E-state index in [1.807, 2.05) is 0 Å². The standard InChI is InChI=1S/C21H32O7/c1-11-4-6-20-7-5-14(21(11,20)12(9-22)8-19(20,2)3)28-18-17(26)16(25)15(24)13(10-23)27-18/h8-9,11,13-18,23-26H,4-7,10H2,1-3H3/t11-,13-,14-,15-,16+,17-,18+,20-,21+/m1/s1. The molecule has 0 radical (unpaired) electrons. The van der Waals surface area contributed by atoms with Gasteiger partial charge < -0.3 is 29.9 Å². The molecule has 0 bridgehead atoms. The largest absolute Gasteiger partial charge is 0.394 e. The number of carbonyl (C=O) groups is 1. The number of aliphatic hydroxyl groups excluding tert-OH is 4. The Bertz CT molecular complexity index is 674. The summed E-state index contributed by atoms with van der Waals surface area (Å²) in [6, 6.07) is 0. The Balaban J connectivity index is 1.68. The van der Waals surface area contributed by atoms with Crippen molar-refractivity contribution in [3.05, 3.63) is 11.6 Å². The molecule has 158 valence electrons. The minimum absolute atomic E-state index is 0.0749. The Morgan fingerprint density at radius 3 is 2.50 bits per heavy atom. The fourth-order valence-electron chi connectivity index (χ4n) is 7.15. The Morgan fingerprint density at radius 2 is 1.86 bits per heavy atom. The third-order valence-electron chi connectivity index (χ3n) is 8.42. The van der Waals surface area contributed by atoms with Crippen LogP contribution in [0.15, 0.2) is 11.6 Å². The summed E-state index contributed by atoms with van der Waals surface area (Å²) in [7, 11) is 0. The zero-order valence-corrected chi connectivity index (χ0v) is 16.7. The normalized spacial score (nSPS) is 52.2. The maximum absolute atomic E-state index is 12.1. The van der Waals surface area contributed by atoms with Crippen LogP contribution in [0.2, 0.25) is 0 Å². The van der Waals surface area contributed by atoms with Crippen LogP contribution in [-0.4, -0.2) is 70.1 Å². The van der Waals surface area contributed by atoms with Crippen molar-refractivity contribution in [1.82, 2.24) is 0 Å². The second kappa shape index (κ2) is 6.59. The Kier molecular flexibility index (Phi) is 4.81. The summed E-state index contributed by atoms with van der Waals surface area (Å²) in [5.74, 6) is 0.239. The minimum Gasteiger partial charge on any atom is -0.394 e. The molecule has 1 heterocycles. The smallest absolute Gasteiger partial charge is 0.187 e. The number of allylic oxidation sites excluding steroid dienone is 1. The molecule has 3 fully saturated rings. The molecule has 0 amide bonds. The van der Waals surface area contributed by atoms with E-state index in [2.05, 4.69) is 26.8 Å². The van der Waals surface area contributed by atoms with Crippen LogP contribution >= 0.6 is 0 Å². The average molecular weight is 396 g/mol. The van der Waals surface area contributed by atoms with Gasteiger partial charge in [0.2, 0.25) is 0 Å². The van der Waals surface area contributed by atoms with E-state index in [9.17, 15) is 25.2 Å². The van der Waals surface area contributed by atoms with E-state index in [0.29, 0.717) is 0 Å². The van der Waals surface area contributed by atoms with Gasteiger partial charge in [0.1, 0.15) is 30.7 Å². The molecular weight excluding hydrogens is 364 g/mol. The lowest BCUT2D eigenvalue weighted by atomic mass is 9.56. The van der Waals surface area contributed by atoms with Gasteiger partial charge in [-0.05, 0) is 48.0 Å². The topological polar surface area (TPSA) is 116 Å². The first-order valence-electron chi connectivity index (χ1n) is 10.3. The first-order chi connectivity index (χ1) is 13.2. The van der Waals surface area contributed by atoms with Crippen LogP contribution in [0, 0.1) is 22.2 Å². The van der Waals surface area contributed by atoms with Crippen molar-refractivity contribution in [3.63, 3.8) is 0 Å². The second-order valence-electron chi connectivity index (χ2n) is 9.69. The fourth-order valence-corrected chi connectivity index (χ4v) is 7.15. The van der Waals surface area contributed by atoms with Gasteiger partial charge in [-0.3, -0.25) is 4.79 Å². The van der Waals surface area contributed by atoms with Crippen LogP contribution in [0.1, 0.15) is 46.5 Å². The zero-order chi connectivity index (χ0) is 20.5. The first kappa shape index (κ1) is 20.4. The molecule has 0 aromatic rings. The van der Waals surface area contributed by atoms with Crippen molar-refractivity contribution in [1.29, 1.82) is 0 Å². The molecule has 3 aliphatic carbocycles. The van der Waals surface area contributed by atoms with Crippen LogP contribution in [0.25, 0.3) is 0 Å². The molecule has 0 aromatic carbocycles. The van der Waals surface area contributed by atoms with E-state index in [1.165, 1.54) is 0 Å². The SMILES string of the molecule is C[C@@H]1CC[C@]23CC[C@@H](O[C@@H]4O[C@H](CO)[C@@H](O)[C@H](O)[C@H]4O)[C@@]12C(C=O)=CC3(C)C. The Hall–Kier alpha value is -0.830. The van der Waals surface area contributed by atoms with Crippen molar-refractivity contribution < 1.29 is 34.7 Å². The molecule has 4 N–H and O–H groups in total.